The number of anilines is 1. The van der Waals surface area contributed by atoms with Gasteiger partial charge in [0.15, 0.2) is 0 Å². The molecule has 0 aliphatic heterocycles. The molecule has 0 aliphatic carbocycles. The van der Waals surface area contributed by atoms with Crippen molar-refractivity contribution in [1.82, 2.24) is 0 Å². The molecule has 2 aromatic carbocycles. The Balaban J connectivity index is 2.33. The van der Waals surface area contributed by atoms with Crippen LogP contribution in [-0.2, 0) is 0 Å². The summed E-state index contributed by atoms with van der Waals surface area (Å²) >= 11 is 3.37. The number of hydrogen-bond donors (Lipinski definition) is 2. The summed E-state index contributed by atoms with van der Waals surface area (Å²) in [7, 11) is 0. The van der Waals surface area contributed by atoms with Crippen molar-refractivity contribution in [2.24, 2.45) is 0 Å². The first-order valence-corrected chi connectivity index (χ1v) is 7.06. The molecular formula is C16H16BrNO2. The van der Waals surface area contributed by atoms with Crippen LogP contribution in [0.15, 0.2) is 34.8 Å². The number of phenolic OH excluding ortho intramolecular Hbond substituents is 1. The second-order valence-electron chi connectivity index (χ2n) is 4.82. The Morgan fingerprint density at radius 2 is 1.75 bits per heavy atom. The first kappa shape index (κ1) is 14.6. The van der Waals surface area contributed by atoms with Crippen molar-refractivity contribution in [2.45, 2.75) is 20.8 Å². The van der Waals surface area contributed by atoms with Crippen LogP contribution in [0.4, 0.5) is 5.69 Å². The fourth-order valence-electron chi connectivity index (χ4n) is 2.00. The molecule has 0 heterocycles. The van der Waals surface area contributed by atoms with Gasteiger partial charge in [-0.3, -0.25) is 4.79 Å². The fourth-order valence-corrected chi connectivity index (χ4v) is 2.36. The third kappa shape index (κ3) is 2.85. The molecule has 20 heavy (non-hydrogen) atoms. The van der Waals surface area contributed by atoms with Gasteiger partial charge in [-0.1, -0.05) is 28.1 Å². The molecule has 4 heteroatoms. The molecule has 0 atom stereocenters. The van der Waals surface area contributed by atoms with E-state index in [0.29, 0.717) is 16.8 Å². The molecule has 0 radical (unpaired) electrons. The van der Waals surface area contributed by atoms with Crippen LogP contribution in [0.2, 0.25) is 0 Å². The highest BCUT2D eigenvalue weighted by Crippen LogP contribution is 2.28. The molecule has 1 amide bonds. The minimum absolute atomic E-state index is 0.185. The maximum Gasteiger partial charge on any atom is 0.255 e. The quantitative estimate of drug-likeness (QED) is 0.859. The average Bonchev–Trinajstić information content (AvgIpc) is 2.42. The zero-order chi connectivity index (χ0) is 14.9. The minimum Gasteiger partial charge on any atom is -0.507 e. The summed E-state index contributed by atoms with van der Waals surface area (Å²) in [4.78, 5) is 12.3. The molecule has 0 unspecified atom stereocenters. The lowest BCUT2D eigenvalue weighted by Crippen LogP contribution is -2.14. The highest BCUT2D eigenvalue weighted by Gasteiger charge is 2.13. The largest absolute Gasteiger partial charge is 0.507 e. The number of phenols is 1. The van der Waals surface area contributed by atoms with Gasteiger partial charge in [-0.2, -0.15) is 0 Å². The van der Waals surface area contributed by atoms with E-state index in [1.807, 2.05) is 26.0 Å². The maximum atomic E-state index is 12.3. The van der Waals surface area contributed by atoms with Gasteiger partial charge in [0, 0.05) is 21.3 Å². The van der Waals surface area contributed by atoms with Crippen LogP contribution < -0.4 is 5.32 Å². The molecule has 0 bridgehead atoms. The maximum absolute atomic E-state index is 12.3. The smallest absolute Gasteiger partial charge is 0.255 e. The monoisotopic (exact) mass is 333 g/mol. The number of carbonyl (C=O) groups excluding carboxylic acids is 1. The molecule has 0 saturated carbocycles. The number of rotatable bonds is 2. The molecule has 0 aliphatic rings. The topological polar surface area (TPSA) is 49.3 Å². The van der Waals surface area contributed by atoms with Crippen molar-refractivity contribution >= 4 is 27.5 Å². The Morgan fingerprint density at radius 3 is 2.45 bits per heavy atom. The van der Waals surface area contributed by atoms with Crippen molar-refractivity contribution in [3.63, 3.8) is 0 Å². The first-order valence-electron chi connectivity index (χ1n) is 6.27. The van der Waals surface area contributed by atoms with E-state index in [2.05, 4.69) is 21.2 Å². The van der Waals surface area contributed by atoms with Crippen LogP contribution in [0.3, 0.4) is 0 Å². The predicted octanol–water partition coefficient (Wildman–Crippen LogP) is 4.33. The Labute approximate surface area is 126 Å². The van der Waals surface area contributed by atoms with Crippen molar-refractivity contribution in [3.05, 3.63) is 57.1 Å². The van der Waals surface area contributed by atoms with Gasteiger partial charge < -0.3 is 10.4 Å². The summed E-state index contributed by atoms with van der Waals surface area (Å²) in [5.41, 5.74) is 3.60. The summed E-state index contributed by atoms with van der Waals surface area (Å²) < 4.78 is 0.858. The summed E-state index contributed by atoms with van der Waals surface area (Å²) in [6.45, 7) is 5.50. The van der Waals surface area contributed by atoms with E-state index in [-0.39, 0.29) is 11.7 Å². The van der Waals surface area contributed by atoms with Gasteiger partial charge in [-0.25, -0.2) is 0 Å². The van der Waals surface area contributed by atoms with Crippen LogP contribution in [-0.4, -0.2) is 11.0 Å². The SMILES string of the molecule is Cc1ccc(Br)cc1C(=O)Nc1ccc(C)c(O)c1C. The van der Waals surface area contributed by atoms with Gasteiger partial charge in [0.25, 0.3) is 5.91 Å². The molecule has 2 N–H and O–H groups in total. The Kier molecular flexibility index (Phi) is 4.14. The summed E-state index contributed by atoms with van der Waals surface area (Å²) in [6, 6.07) is 9.16. The van der Waals surface area contributed by atoms with E-state index >= 15 is 0 Å². The normalized spacial score (nSPS) is 10.4. The number of halogens is 1. The molecule has 2 aromatic rings. The van der Waals surface area contributed by atoms with Gasteiger partial charge >= 0.3 is 0 Å². The Morgan fingerprint density at radius 1 is 1.10 bits per heavy atom. The number of aryl methyl sites for hydroxylation is 2. The number of benzene rings is 2. The lowest BCUT2D eigenvalue weighted by Gasteiger charge is -2.12. The molecule has 0 fully saturated rings. The van der Waals surface area contributed by atoms with Gasteiger partial charge in [-0.05, 0) is 50.1 Å². The van der Waals surface area contributed by atoms with Crippen molar-refractivity contribution < 1.29 is 9.90 Å². The van der Waals surface area contributed by atoms with Crippen molar-refractivity contribution in [3.8, 4) is 5.75 Å². The molecule has 0 aromatic heterocycles. The number of carbonyl (C=O) groups is 1. The highest BCUT2D eigenvalue weighted by atomic mass is 79.9. The summed E-state index contributed by atoms with van der Waals surface area (Å²) in [5, 5.41) is 12.8. The lowest BCUT2D eigenvalue weighted by molar-refractivity contribution is 0.102. The molecule has 2 rings (SSSR count). The Bertz CT molecular complexity index is 680. The van der Waals surface area contributed by atoms with Gasteiger partial charge in [-0.15, -0.1) is 0 Å². The molecule has 0 spiro atoms. The van der Waals surface area contributed by atoms with Crippen molar-refractivity contribution in [1.29, 1.82) is 0 Å². The van der Waals surface area contributed by atoms with Crippen LogP contribution in [0.5, 0.6) is 5.75 Å². The van der Waals surface area contributed by atoms with Crippen LogP contribution in [0, 0.1) is 20.8 Å². The van der Waals surface area contributed by atoms with E-state index in [9.17, 15) is 9.90 Å². The summed E-state index contributed by atoms with van der Waals surface area (Å²) in [5.74, 6) is 0.0314. The molecule has 0 saturated heterocycles. The van der Waals surface area contributed by atoms with E-state index in [1.54, 1.807) is 25.1 Å². The standard InChI is InChI=1S/C16H16BrNO2/c1-9-4-6-12(17)8-13(9)16(20)18-14-7-5-10(2)15(19)11(14)3/h4-8,19H,1-3H3,(H,18,20). The number of aromatic hydroxyl groups is 1. The first-order chi connectivity index (χ1) is 9.40. The second-order valence-corrected chi connectivity index (χ2v) is 5.73. The third-order valence-corrected chi connectivity index (χ3v) is 3.82. The summed E-state index contributed by atoms with van der Waals surface area (Å²) in [6.07, 6.45) is 0. The highest BCUT2D eigenvalue weighted by molar-refractivity contribution is 9.10. The van der Waals surface area contributed by atoms with Crippen LogP contribution in [0.25, 0.3) is 0 Å². The minimum atomic E-state index is -0.185. The van der Waals surface area contributed by atoms with E-state index in [0.717, 1.165) is 15.6 Å². The van der Waals surface area contributed by atoms with E-state index in [1.165, 1.54) is 0 Å². The van der Waals surface area contributed by atoms with Gasteiger partial charge in [0.1, 0.15) is 5.75 Å². The number of amides is 1. The van der Waals surface area contributed by atoms with Crippen molar-refractivity contribution in [2.75, 3.05) is 5.32 Å². The fraction of sp³-hybridized carbons (Fsp3) is 0.188. The average molecular weight is 334 g/mol. The van der Waals surface area contributed by atoms with Gasteiger partial charge in [0.05, 0.1) is 0 Å². The molecule has 3 nitrogen and oxygen atoms in total. The van der Waals surface area contributed by atoms with E-state index in [4.69, 9.17) is 0 Å². The van der Waals surface area contributed by atoms with Gasteiger partial charge in [0.2, 0.25) is 0 Å². The van der Waals surface area contributed by atoms with Crippen LogP contribution in [0.1, 0.15) is 27.0 Å². The molecular weight excluding hydrogens is 318 g/mol. The predicted molar refractivity (Wildman–Crippen MR) is 84.4 cm³/mol. The zero-order valence-electron chi connectivity index (χ0n) is 11.6. The second kappa shape index (κ2) is 5.67. The van der Waals surface area contributed by atoms with E-state index < -0.39 is 0 Å². The Hall–Kier alpha value is -1.81. The zero-order valence-corrected chi connectivity index (χ0v) is 13.2. The third-order valence-electron chi connectivity index (χ3n) is 3.33. The lowest BCUT2D eigenvalue weighted by atomic mass is 10.1. The van der Waals surface area contributed by atoms with Crippen LogP contribution >= 0.6 is 15.9 Å². The molecule has 104 valence electrons. The number of nitrogens with one attached hydrogen (secondary N) is 1. The number of hydrogen-bond acceptors (Lipinski definition) is 2.